The van der Waals surface area contributed by atoms with Crippen LogP contribution in [-0.2, 0) is 24.1 Å². The number of phenols is 1. The molecule has 2 atom stereocenters. The van der Waals surface area contributed by atoms with E-state index < -0.39 is 11.7 Å². The van der Waals surface area contributed by atoms with Gasteiger partial charge in [0.05, 0.1) is 11.6 Å². The number of likely N-dealkylation sites (tertiary alicyclic amines) is 1. The molecule has 0 bridgehead atoms. The Morgan fingerprint density at radius 1 is 0.923 bits per heavy atom. The van der Waals surface area contributed by atoms with Gasteiger partial charge in [-0.1, -0.05) is 54.6 Å². The number of hydrogen-bond donors (Lipinski definition) is 2. The lowest BCUT2D eigenvalue weighted by molar-refractivity contribution is -0.137. The Kier molecular flexibility index (Phi) is 8.09. The number of para-hydroxylation sites is 1. The summed E-state index contributed by atoms with van der Waals surface area (Å²) in [5.74, 6) is 0.303. The monoisotopic (exact) mass is 538 g/mol. The minimum Gasteiger partial charge on any atom is -0.508 e. The molecule has 1 amide bonds. The molecule has 0 radical (unpaired) electrons. The second-order valence-electron chi connectivity index (χ2n) is 10.2. The number of hydrogen-bond acceptors (Lipinski definition) is 5. The van der Waals surface area contributed by atoms with Crippen LogP contribution < -0.4 is 10.2 Å². The largest absolute Gasteiger partial charge is 0.508 e. The van der Waals surface area contributed by atoms with Gasteiger partial charge in [0.2, 0.25) is 5.91 Å². The smallest absolute Gasteiger partial charge is 0.416 e. The Hall–Kier alpha value is -3.56. The number of anilines is 1. The summed E-state index contributed by atoms with van der Waals surface area (Å²) in [5.41, 5.74) is 1.80. The lowest BCUT2D eigenvalue weighted by atomic mass is 10.1. The second kappa shape index (κ2) is 11.7. The summed E-state index contributed by atoms with van der Waals surface area (Å²) in [6.45, 7) is 3.73. The lowest BCUT2D eigenvalue weighted by Crippen LogP contribution is -2.53. The molecule has 9 heteroatoms. The fourth-order valence-corrected chi connectivity index (χ4v) is 5.49. The van der Waals surface area contributed by atoms with Crippen molar-refractivity contribution in [2.75, 3.05) is 37.6 Å². The van der Waals surface area contributed by atoms with Crippen molar-refractivity contribution in [2.24, 2.45) is 0 Å². The molecule has 39 heavy (non-hydrogen) atoms. The van der Waals surface area contributed by atoms with Gasteiger partial charge in [0.1, 0.15) is 5.75 Å². The fourth-order valence-electron chi connectivity index (χ4n) is 5.49. The zero-order chi connectivity index (χ0) is 27.4. The standard InChI is InChI=1S/C30H33F3N4O2/c31-30(32,33)24-10-6-11-26(17-24)35-13-15-36(16-14-35)29(39)27-18-25(34-19-23-9-4-5-12-28(23)38)21-37(27)20-22-7-2-1-3-8-22/h1-12,17,25,27,34,38H,13-16,18-21H2/t25-,27-/m0/s1. The Bertz CT molecular complexity index is 1260. The van der Waals surface area contributed by atoms with Crippen LogP contribution in [0.15, 0.2) is 78.9 Å². The third-order valence-electron chi connectivity index (χ3n) is 7.62. The Labute approximate surface area is 226 Å². The summed E-state index contributed by atoms with van der Waals surface area (Å²) >= 11 is 0. The minimum atomic E-state index is -4.39. The molecular weight excluding hydrogens is 505 g/mol. The summed E-state index contributed by atoms with van der Waals surface area (Å²) in [4.78, 5) is 19.7. The van der Waals surface area contributed by atoms with E-state index in [2.05, 4.69) is 22.3 Å². The Morgan fingerprint density at radius 2 is 1.64 bits per heavy atom. The number of nitrogens with one attached hydrogen (secondary N) is 1. The van der Waals surface area contributed by atoms with Gasteiger partial charge in [-0.25, -0.2) is 0 Å². The van der Waals surface area contributed by atoms with E-state index in [-0.39, 0.29) is 23.7 Å². The quantitative estimate of drug-likeness (QED) is 0.464. The molecule has 2 aliphatic rings. The number of phenolic OH excluding ortho intramolecular Hbond substituents is 1. The summed E-state index contributed by atoms with van der Waals surface area (Å²) in [7, 11) is 0. The van der Waals surface area contributed by atoms with Gasteiger partial charge in [-0.05, 0) is 36.2 Å². The first-order valence-corrected chi connectivity index (χ1v) is 13.3. The van der Waals surface area contributed by atoms with Crippen LogP contribution in [0.3, 0.4) is 0 Å². The second-order valence-corrected chi connectivity index (χ2v) is 10.2. The number of aromatic hydroxyl groups is 1. The van der Waals surface area contributed by atoms with Crippen LogP contribution in [0.1, 0.15) is 23.1 Å². The van der Waals surface area contributed by atoms with Gasteiger partial charge in [-0.15, -0.1) is 0 Å². The van der Waals surface area contributed by atoms with Crippen molar-refractivity contribution in [1.29, 1.82) is 0 Å². The highest BCUT2D eigenvalue weighted by Crippen LogP contribution is 2.32. The molecule has 2 N–H and O–H groups in total. The van der Waals surface area contributed by atoms with E-state index in [1.165, 1.54) is 12.1 Å². The summed E-state index contributed by atoms with van der Waals surface area (Å²) in [5, 5.41) is 13.6. The van der Waals surface area contributed by atoms with E-state index in [0.717, 1.165) is 17.2 Å². The zero-order valence-corrected chi connectivity index (χ0v) is 21.6. The van der Waals surface area contributed by atoms with Crippen molar-refractivity contribution in [2.45, 2.75) is 37.8 Å². The van der Waals surface area contributed by atoms with Crippen molar-refractivity contribution < 1.29 is 23.1 Å². The van der Waals surface area contributed by atoms with Crippen LogP contribution in [0.5, 0.6) is 5.75 Å². The highest BCUT2D eigenvalue weighted by Gasteiger charge is 2.39. The van der Waals surface area contributed by atoms with Gasteiger partial charge < -0.3 is 20.2 Å². The van der Waals surface area contributed by atoms with Gasteiger partial charge in [0.25, 0.3) is 0 Å². The molecule has 0 unspecified atom stereocenters. The number of benzene rings is 3. The highest BCUT2D eigenvalue weighted by atomic mass is 19.4. The highest BCUT2D eigenvalue weighted by molar-refractivity contribution is 5.82. The summed E-state index contributed by atoms with van der Waals surface area (Å²) < 4.78 is 39.5. The van der Waals surface area contributed by atoms with Crippen LogP contribution >= 0.6 is 0 Å². The van der Waals surface area contributed by atoms with E-state index in [9.17, 15) is 23.1 Å². The molecule has 3 aromatic rings. The molecule has 2 fully saturated rings. The normalized spacial score (nSPS) is 20.4. The molecule has 6 nitrogen and oxygen atoms in total. The van der Waals surface area contributed by atoms with Gasteiger partial charge in [0.15, 0.2) is 0 Å². The SMILES string of the molecule is O=C([C@@H]1C[C@H](NCc2ccccc2O)CN1Cc1ccccc1)N1CCN(c2cccc(C(F)(F)F)c2)CC1. The predicted molar refractivity (Wildman–Crippen MR) is 144 cm³/mol. The topological polar surface area (TPSA) is 59.1 Å². The maximum absolute atomic E-state index is 13.8. The number of amides is 1. The van der Waals surface area contributed by atoms with Crippen LogP contribution in [0.2, 0.25) is 0 Å². The molecule has 2 saturated heterocycles. The van der Waals surface area contributed by atoms with E-state index in [1.807, 2.05) is 40.1 Å². The number of carbonyl (C=O) groups excluding carboxylic acids is 1. The van der Waals surface area contributed by atoms with E-state index in [0.29, 0.717) is 57.9 Å². The molecule has 0 aromatic heterocycles. The average Bonchev–Trinajstić information content (AvgIpc) is 3.35. The van der Waals surface area contributed by atoms with Gasteiger partial charge in [-0.3, -0.25) is 9.69 Å². The molecule has 2 aliphatic heterocycles. The molecular formula is C30H33F3N4O2. The zero-order valence-electron chi connectivity index (χ0n) is 21.6. The third-order valence-corrected chi connectivity index (χ3v) is 7.62. The van der Waals surface area contributed by atoms with E-state index in [4.69, 9.17) is 0 Å². The number of rotatable bonds is 7. The first-order valence-electron chi connectivity index (χ1n) is 13.3. The maximum atomic E-state index is 13.8. The molecule has 2 heterocycles. The van der Waals surface area contributed by atoms with Crippen LogP contribution in [0, 0.1) is 0 Å². The number of carbonyl (C=O) groups is 1. The maximum Gasteiger partial charge on any atom is 0.416 e. The molecule has 3 aromatic carbocycles. The van der Waals surface area contributed by atoms with Gasteiger partial charge in [0, 0.05) is 63.1 Å². The van der Waals surface area contributed by atoms with Crippen molar-refractivity contribution in [3.05, 3.63) is 95.6 Å². The molecule has 0 saturated carbocycles. The average molecular weight is 539 g/mol. The van der Waals surface area contributed by atoms with Crippen LogP contribution in [-0.4, -0.2) is 65.6 Å². The van der Waals surface area contributed by atoms with Crippen molar-refractivity contribution >= 4 is 11.6 Å². The predicted octanol–water partition coefficient (Wildman–Crippen LogP) is 4.49. The number of halogens is 3. The van der Waals surface area contributed by atoms with Crippen molar-refractivity contribution in [3.63, 3.8) is 0 Å². The van der Waals surface area contributed by atoms with Crippen LogP contribution in [0.4, 0.5) is 18.9 Å². The lowest BCUT2D eigenvalue weighted by Gasteiger charge is -2.38. The first kappa shape index (κ1) is 27.0. The molecule has 206 valence electrons. The van der Waals surface area contributed by atoms with Gasteiger partial charge in [-0.2, -0.15) is 13.2 Å². The van der Waals surface area contributed by atoms with Crippen molar-refractivity contribution in [3.8, 4) is 5.75 Å². The van der Waals surface area contributed by atoms with E-state index >= 15 is 0 Å². The van der Waals surface area contributed by atoms with E-state index in [1.54, 1.807) is 18.2 Å². The Morgan fingerprint density at radius 3 is 2.36 bits per heavy atom. The number of alkyl halides is 3. The number of piperazine rings is 1. The summed E-state index contributed by atoms with van der Waals surface area (Å²) in [6.07, 6.45) is -3.74. The van der Waals surface area contributed by atoms with Crippen LogP contribution in [0.25, 0.3) is 0 Å². The fraction of sp³-hybridized carbons (Fsp3) is 0.367. The first-order chi connectivity index (χ1) is 18.8. The third kappa shape index (κ3) is 6.54. The Balaban J connectivity index is 1.24. The molecule has 5 rings (SSSR count). The molecule has 0 aliphatic carbocycles. The van der Waals surface area contributed by atoms with Gasteiger partial charge >= 0.3 is 6.18 Å². The summed E-state index contributed by atoms with van der Waals surface area (Å²) in [6, 6.07) is 22.4. The molecule has 0 spiro atoms. The number of nitrogens with zero attached hydrogens (tertiary/aromatic N) is 3. The minimum absolute atomic E-state index is 0.0569. The van der Waals surface area contributed by atoms with Crippen molar-refractivity contribution in [1.82, 2.24) is 15.1 Å².